The van der Waals surface area contributed by atoms with E-state index in [0.29, 0.717) is 6.04 Å². The van der Waals surface area contributed by atoms with E-state index in [0.717, 1.165) is 19.1 Å². The molecule has 0 bridgehead atoms. The zero-order valence-corrected chi connectivity index (χ0v) is 8.22. The minimum absolute atomic E-state index is 0.654. The second-order valence-corrected chi connectivity index (χ2v) is 4.17. The molecule has 0 aromatic rings. The summed E-state index contributed by atoms with van der Waals surface area (Å²) < 4.78 is 5.10. The van der Waals surface area contributed by atoms with Gasteiger partial charge in [0.25, 0.3) is 0 Å². The smallest absolute Gasteiger partial charge is 0.0643 e. The summed E-state index contributed by atoms with van der Waals surface area (Å²) in [5.74, 6) is 0.953. The molecule has 76 valence electrons. The van der Waals surface area contributed by atoms with Gasteiger partial charge in [-0.1, -0.05) is 0 Å². The first kappa shape index (κ1) is 9.44. The Bertz CT molecular complexity index is 142. The second-order valence-electron chi connectivity index (χ2n) is 4.17. The van der Waals surface area contributed by atoms with Crippen molar-refractivity contribution in [3.63, 3.8) is 0 Å². The van der Waals surface area contributed by atoms with E-state index in [1.807, 2.05) is 0 Å². The summed E-state index contributed by atoms with van der Waals surface area (Å²) in [6, 6.07) is 0.654. The van der Waals surface area contributed by atoms with Gasteiger partial charge in [0.1, 0.15) is 0 Å². The van der Waals surface area contributed by atoms with Crippen LogP contribution in [0.15, 0.2) is 0 Å². The number of rotatable bonds is 4. The Morgan fingerprint density at radius 3 is 2.62 bits per heavy atom. The van der Waals surface area contributed by atoms with Gasteiger partial charge in [0, 0.05) is 0 Å². The van der Waals surface area contributed by atoms with Crippen LogP contribution >= 0.6 is 0 Å². The van der Waals surface area contributed by atoms with Gasteiger partial charge in [0.15, 0.2) is 0 Å². The highest BCUT2D eigenvalue weighted by Crippen LogP contribution is 2.15. The summed E-state index contributed by atoms with van der Waals surface area (Å²) in [5.41, 5.74) is 0. The van der Waals surface area contributed by atoms with Gasteiger partial charge in [-0.25, -0.2) is 0 Å². The highest BCUT2D eigenvalue weighted by atomic mass is 16.5. The second kappa shape index (κ2) is 4.94. The van der Waals surface area contributed by atoms with Gasteiger partial charge in [0.2, 0.25) is 0 Å². The third-order valence-electron chi connectivity index (χ3n) is 3.08. The summed E-state index contributed by atoms with van der Waals surface area (Å²) in [6.45, 7) is 5.46. The van der Waals surface area contributed by atoms with Crippen LogP contribution in [-0.4, -0.2) is 38.9 Å². The van der Waals surface area contributed by atoms with E-state index >= 15 is 0 Å². The van der Waals surface area contributed by atoms with Crippen molar-refractivity contribution in [2.75, 3.05) is 32.8 Å². The number of ether oxygens (including phenoxy) is 1. The van der Waals surface area contributed by atoms with Gasteiger partial charge >= 0.3 is 0 Å². The Hall–Kier alpha value is -0.120. The summed E-state index contributed by atoms with van der Waals surface area (Å²) in [4.78, 5) is 0. The molecule has 3 heteroatoms. The fourth-order valence-corrected chi connectivity index (χ4v) is 2.02. The molecule has 2 N–H and O–H groups in total. The third-order valence-corrected chi connectivity index (χ3v) is 3.08. The average Bonchev–Trinajstić information content (AvgIpc) is 2.11. The van der Waals surface area contributed by atoms with Crippen LogP contribution < -0.4 is 10.6 Å². The lowest BCUT2D eigenvalue weighted by Gasteiger charge is -2.28. The normalized spacial score (nSPS) is 25.8. The Morgan fingerprint density at radius 1 is 1.23 bits per heavy atom. The maximum atomic E-state index is 5.10. The number of piperidine rings is 1. The minimum atomic E-state index is 0.654. The van der Waals surface area contributed by atoms with Crippen LogP contribution in [0.25, 0.3) is 0 Å². The molecule has 0 spiro atoms. The van der Waals surface area contributed by atoms with Crippen molar-refractivity contribution in [2.45, 2.75) is 25.3 Å². The van der Waals surface area contributed by atoms with Crippen LogP contribution in [0.1, 0.15) is 19.3 Å². The van der Waals surface area contributed by atoms with E-state index in [4.69, 9.17) is 4.74 Å². The Morgan fingerprint density at radius 2 is 2.00 bits per heavy atom. The monoisotopic (exact) mass is 184 g/mol. The Labute approximate surface area is 80.2 Å². The number of hydrogen-bond acceptors (Lipinski definition) is 3. The lowest BCUT2D eigenvalue weighted by Crippen LogP contribution is -2.46. The molecule has 2 heterocycles. The zero-order chi connectivity index (χ0) is 8.93. The lowest BCUT2D eigenvalue weighted by atomic mass is 9.94. The Balaban J connectivity index is 1.50. The molecule has 0 atom stereocenters. The first-order chi connectivity index (χ1) is 6.45. The SMILES string of the molecule is C1CC(CCNC2COC2)CCN1. The molecular weight excluding hydrogens is 164 g/mol. The standard InChI is InChI=1S/C10H20N2O/c1-4-11-5-2-9(1)3-6-12-10-7-13-8-10/h9-12H,1-8H2. The van der Waals surface area contributed by atoms with Gasteiger partial charge in [-0.3, -0.25) is 0 Å². The molecule has 0 unspecified atom stereocenters. The molecule has 0 aromatic carbocycles. The van der Waals surface area contributed by atoms with E-state index in [9.17, 15) is 0 Å². The van der Waals surface area contributed by atoms with Gasteiger partial charge in [-0.05, 0) is 44.8 Å². The summed E-state index contributed by atoms with van der Waals surface area (Å²) in [5, 5.41) is 6.92. The molecule has 0 aromatic heterocycles. The van der Waals surface area contributed by atoms with Crippen molar-refractivity contribution < 1.29 is 4.74 Å². The topological polar surface area (TPSA) is 33.3 Å². The van der Waals surface area contributed by atoms with Crippen molar-refractivity contribution >= 4 is 0 Å². The van der Waals surface area contributed by atoms with E-state index in [1.54, 1.807) is 0 Å². The fourth-order valence-electron chi connectivity index (χ4n) is 2.02. The van der Waals surface area contributed by atoms with Gasteiger partial charge in [0.05, 0.1) is 19.3 Å². The van der Waals surface area contributed by atoms with Crippen LogP contribution in [0.2, 0.25) is 0 Å². The van der Waals surface area contributed by atoms with Crippen molar-refractivity contribution in [1.82, 2.24) is 10.6 Å². The molecule has 2 aliphatic heterocycles. The number of hydrogen-bond donors (Lipinski definition) is 2. The van der Waals surface area contributed by atoms with Crippen molar-refractivity contribution in [1.29, 1.82) is 0 Å². The van der Waals surface area contributed by atoms with Crippen molar-refractivity contribution in [3.8, 4) is 0 Å². The maximum absolute atomic E-state index is 5.10. The zero-order valence-electron chi connectivity index (χ0n) is 8.22. The highest BCUT2D eigenvalue weighted by molar-refractivity contribution is 4.75. The van der Waals surface area contributed by atoms with E-state index in [2.05, 4.69) is 10.6 Å². The molecule has 2 saturated heterocycles. The van der Waals surface area contributed by atoms with Gasteiger partial charge < -0.3 is 15.4 Å². The quantitative estimate of drug-likeness (QED) is 0.662. The summed E-state index contributed by atoms with van der Waals surface area (Å²) >= 11 is 0. The van der Waals surface area contributed by atoms with E-state index in [-0.39, 0.29) is 0 Å². The molecule has 0 aliphatic carbocycles. The van der Waals surface area contributed by atoms with Gasteiger partial charge in [-0.2, -0.15) is 0 Å². The molecular formula is C10H20N2O. The molecule has 3 nitrogen and oxygen atoms in total. The predicted molar refractivity (Wildman–Crippen MR) is 52.8 cm³/mol. The average molecular weight is 184 g/mol. The fraction of sp³-hybridized carbons (Fsp3) is 1.00. The highest BCUT2D eigenvalue weighted by Gasteiger charge is 2.18. The Kier molecular flexibility index (Phi) is 3.58. The van der Waals surface area contributed by atoms with Crippen LogP contribution in [0.4, 0.5) is 0 Å². The molecule has 2 aliphatic rings. The van der Waals surface area contributed by atoms with Crippen LogP contribution in [0.3, 0.4) is 0 Å². The minimum Gasteiger partial charge on any atom is -0.378 e. The third kappa shape index (κ3) is 2.93. The molecule has 2 fully saturated rings. The van der Waals surface area contributed by atoms with Crippen LogP contribution in [0, 0.1) is 5.92 Å². The lowest BCUT2D eigenvalue weighted by molar-refractivity contribution is -0.00546. The maximum Gasteiger partial charge on any atom is 0.0643 e. The van der Waals surface area contributed by atoms with Crippen molar-refractivity contribution in [2.24, 2.45) is 5.92 Å². The van der Waals surface area contributed by atoms with E-state index in [1.165, 1.54) is 38.9 Å². The summed E-state index contributed by atoms with van der Waals surface area (Å²) in [6.07, 6.45) is 4.07. The molecule has 0 radical (unpaired) electrons. The van der Waals surface area contributed by atoms with E-state index < -0.39 is 0 Å². The summed E-state index contributed by atoms with van der Waals surface area (Å²) in [7, 11) is 0. The van der Waals surface area contributed by atoms with Crippen molar-refractivity contribution in [3.05, 3.63) is 0 Å². The van der Waals surface area contributed by atoms with Crippen LogP contribution in [0.5, 0.6) is 0 Å². The molecule has 2 rings (SSSR count). The first-order valence-corrected chi connectivity index (χ1v) is 5.47. The first-order valence-electron chi connectivity index (χ1n) is 5.47. The molecule has 13 heavy (non-hydrogen) atoms. The predicted octanol–water partition coefficient (Wildman–Crippen LogP) is 0.364. The van der Waals surface area contributed by atoms with Crippen LogP contribution in [-0.2, 0) is 4.74 Å². The largest absolute Gasteiger partial charge is 0.378 e. The molecule has 0 amide bonds. The number of nitrogens with one attached hydrogen (secondary N) is 2. The molecule has 0 saturated carbocycles. The van der Waals surface area contributed by atoms with Gasteiger partial charge in [-0.15, -0.1) is 0 Å².